The minimum absolute atomic E-state index is 0.167. The average molecular weight is 190 g/mol. The topological polar surface area (TPSA) is 54.4 Å². The van der Waals surface area contributed by atoms with Crippen molar-refractivity contribution in [3.05, 3.63) is 0 Å². The van der Waals surface area contributed by atoms with Crippen molar-refractivity contribution in [3.8, 4) is 0 Å². The lowest BCUT2D eigenvalue weighted by Gasteiger charge is -1.79. The zero-order valence-corrected chi connectivity index (χ0v) is 9.39. The molecule has 1 N–H and O–H groups in total. The molecule has 3 nitrogen and oxygen atoms in total. The first-order chi connectivity index (χ1) is 5.88. The molecule has 0 spiro atoms. The summed E-state index contributed by atoms with van der Waals surface area (Å²) in [6.07, 6.45) is 2.04. The quantitative estimate of drug-likeness (QED) is 0.724. The molecule has 13 heavy (non-hydrogen) atoms. The van der Waals surface area contributed by atoms with Crippen LogP contribution in [0.15, 0.2) is 0 Å². The standard InChI is InChI=1S/C4H10O.2C3H6O/c1-2-3-4-5;2*1-3(2)4/h5H,2-4H2,1H3;2*1-2H3. The fourth-order valence-corrected chi connectivity index (χ4v) is 0.158. The number of carbonyl (C=O) groups excluding carboxylic acids is 2. The van der Waals surface area contributed by atoms with Gasteiger partial charge in [0.2, 0.25) is 0 Å². The van der Waals surface area contributed by atoms with E-state index in [0.717, 1.165) is 12.8 Å². The molecule has 0 aromatic heterocycles. The van der Waals surface area contributed by atoms with Gasteiger partial charge in [-0.3, -0.25) is 0 Å². The highest BCUT2D eigenvalue weighted by Crippen LogP contribution is 1.78. The molecule has 0 fully saturated rings. The van der Waals surface area contributed by atoms with Crippen molar-refractivity contribution in [1.29, 1.82) is 0 Å². The van der Waals surface area contributed by atoms with Gasteiger partial charge in [-0.15, -0.1) is 0 Å². The monoisotopic (exact) mass is 190 g/mol. The van der Waals surface area contributed by atoms with Crippen LogP contribution in [0, 0.1) is 0 Å². The van der Waals surface area contributed by atoms with Gasteiger partial charge in [0.15, 0.2) is 0 Å². The van der Waals surface area contributed by atoms with E-state index in [1.807, 2.05) is 0 Å². The average Bonchev–Trinajstić information content (AvgIpc) is 1.86. The first-order valence-electron chi connectivity index (χ1n) is 4.43. The molecule has 0 saturated heterocycles. The minimum atomic E-state index is 0.167. The van der Waals surface area contributed by atoms with E-state index in [9.17, 15) is 9.59 Å². The van der Waals surface area contributed by atoms with Crippen LogP contribution in [0.3, 0.4) is 0 Å². The van der Waals surface area contributed by atoms with E-state index in [1.165, 1.54) is 27.7 Å². The van der Waals surface area contributed by atoms with Gasteiger partial charge in [0, 0.05) is 6.61 Å². The number of carbonyl (C=O) groups is 2. The summed E-state index contributed by atoms with van der Waals surface area (Å²) in [7, 11) is 0. The number of unbranched alkanes of at least 4 members (excludes halogenated alkanes) is 1. The van der Waals surface area contributed by atoms with E-state index < -0.39 is 0 Å². The number of rotatable bonds is 2. The number of aliphatic hydroxyl groups excluding tert-OH is 1. The van der Waals surface area contributed by atoms with Crippen molar-refractivity contribution in [2.24, 2.45) is 0 Å². The van der Waals surface area contributed by atoms with Crippen LogP contribution in [-0.4, -0.2) is 23.3 Å². The van der Waals surface area contributed by atoms with Crippen molar-refractivity contribution < 1.29 is 14.7 Å². The lowest BCUT2D eigenvalue weighted by Crippen LogP contribution is -1.75. The van der Waals surface area contributed by atoms with Crippen molar-refractivity contribution >= 4 is 11.6 Å². The number of ketones is 2. The minimum Gasteiger partial charge on any atom is -0.396 e. The molecular formula is C10H22O3. The molecule has 0 aliphatic rings. The third kappa shape index (κ3) is 578. The maximum atomic E-state index is 9.44. The molecular weight excluding hydrogens is 168 g/mol. The van der Waals surface area contributed by atoms with Crippen molar-refractivity contribution in [2.45, 2.75) is 47.5 Å². The van der Waals surface area contributed by atoms with Crippen LogP contribution in [0.2, 0.25) is 0 Å². The summed E-state index contributed by atoms with van der Waals surface area (Å²) in [5.74, 6) is 0.333. The molecule has 0 rings (SSSR count). The number of hydrogen-bond acceptors (Lipinski definition) is 3. The van der Waals surface area contributed by atoms with Gasteiger partial charge in [-0.1, -0.05) is 13.3 Å². The molecule has 0 aliphatic carbocycles. The number of aliphatic hydroxyl groups is 1. The lowest BCUT2D eigenvalue weighted by atomic mass is 10.4. The molecule has 0 aromatic carbocycles. The van der Waals surface area contributed by atoms with E-state index in [1.54, 1.807) is 0 Å². The van der Waals surface area contributed by atoms with Crippen LogP contribution < -0.4 is 0 Å². The highest BCUT2D eigenvalue weighted by Gasteiger charge is 1.69. The van der Waals surface area contributed by atoms with E-state index >= 15 is 0 Å². The van der Waals surface area contributed by atoms with Crippen LogP contribution in [0.1, 0.15) is 47.5 Å². The fourth-order valence-electron chi connectivity index (χ4n) is 0.158. The second-order valence-corrected chi connectivity index (χ2v) is 2.89. The SMILES string of the molecule is CC(C)=O.CC(C)=O.CCCCO. The third-order valence-corrected chi connectivity index (χ3v) is 0.512. The Bertz CT molecular complexity index is 97.3. The molecule has 0 saturated carbocycles. The second-order valence-electron chi connectivity index (χ2n) is 2.89. The third-order valence-electron chi connectivity index (χ3n) is 0.512. The van der Waals surface area contributed by atoms with Gasteiger partial charge in [-0.05, 0) is 34.1 Å². The maximum absolute atomic E-state index is 9.44. The second kappa shape index (κ2) is 17.4. The van der Waals surface area contributed by atoms with Gasteiger partial charge in [0.25, 0.3) is 0 Å². The summed E-state index contributed by atoms with van der Waals surface area (Å²) < 4.78 is 0. The van der Waals surface area contributed by atoms with Crippen LogP contribution >= 0.6 is 0 Å². The molecule has 0 bridgehead atoms. The van der Waals surface area contributed by atoms with Crippen molar-refractivity contribution in [2.75, 3.05) is 6.61 Å². The predicted octanol–water partition coefficient (Wildman–Crippen LogP) is 1.97. The Morgan fingerprint density at radius 1 is 1.00 bits per heavy atom. The maximum Gasteiger partial charge on any atom is 0.126 e. The summed E-state index contributed by atoms with van der Waals surface area (Å²) in [6.45, 7) is 8.51. The zero-order valence-electron chi connectivity index (χ0n) is 9.39. The van der Waals surface area contributed by atoms with Crippen LogP contribution in [0.25, 0.3) is 0 Å². The highest BCUT2D eigenvalue weighted by molar-refractivity contribution is 5.72. The van der Waals surface area contributed by atoms with E-state index in [-0.39, 0.29) is 11.6 Å². The van der Waals surface area contributed by atoms with Gasteiger partial charge in [0.1, 0.15) is 11.6 Å². The lowest BCUT2D eigenvalue weighted by molar-refractivity contribution is -0.115. The van der Waals surface area contributed by atoms with Gasteiger partial charge >= 0.3 is 0 Å². The van der Waals surface area contributed by atoms with Crippen molar-refractivity contribution in [3.63, 3.8) is 0 Å². The zero-order chi connectivity index (χ0) is 11.3. The molecule has 3 heteroatoms. The van der Waals surface area contributed by atoms with Gasteiger partial charge in [-0.25, -0.2) is 0 Å². The van der Waals surface area contributed by atoms with Gasteiger partial charge in [0.05, 0.1) is 0 Å². The molecule has 0 unspecified atom stereocenters. The normalized spacial score (nSPS) is 7.23. The van der Waals surface area contributed by atoms with Crippen LogP contribution in [0.5, 0.6) is 0 Å². The van der Waals surface area contributed by atoms with Crippen molar-refractivity contribution in [1.82, 2.24) is 0 Å². The number of hydrogen-bond donors (Lipinski definition) is 1. The summed E-state index contributed by atoms with van der Waals surface area (Å²) in [6, 6.07) is 0. The van der Waals surface area contributed by atoms with E-state index in [0.29, 0.717) is 6.61 Å². The summed E-state index contributed by atoms with van der Waals surface area (Å²) in [5.41, 5.74) is 0. The predicted molar refractivity (Wildman–Crippen MR) is 54.7 cm³/mol. The summed E-state index contributed by atoms with van der Waals surface area (Å²) >= 11 is 0. The van der Waals surface area contributed by atoms with E-state index in [2.05, 4.69) is 6.92 Å². The summed E-state index contributed by atoms with van der Waals surface area (Å²) in [5, 5.41) is 8.07. The molecule has 0 radical (unpaired) electrons. The van der Waals surface area contributed by atoms with Gasteiger partial charge < -0.3 is 14.7 Å². The van der Waals surface area contributed by atoms with Crippen LogP contribution in [-0.2, 0) is 9.59 Å². The number of Topliss-reactive ketones (excluding diaryl/α,β-unsaturated/α-hetero) is 2. The molecule has 0 aromatic rings. The Balaban J connectivity index is -0.000000117. The van der Waals surface area contributed by atoms with E-state index in [4.69, 9.17) is 5.11 Å². The fraction of sp³-hybridized carbons (Fsp3) is 0.800. The Hall–Kier alpha value is -0.700. The highest BCUT2D eigenvalue weighted by atomic mass is 16.2. The summed E-state index contributed by atoms with van der Waals surface area (Å²) in [4.78, 5) is 18.9. The Kier molecular flexibility index (Phi) is 24.3. The van der Waals surface area contributed by atoms with Gasteiger partial charge in [-0.2, -0.15) is 0 Å². The Labute approximate surface area is 81.2 Å². The first kappa shape index (κ1) is 18.2. The van der Waals surface area contributed by atoms with Crippen LogP contribution in [0.4, 0.5) is 0 Å². The molecule has 0 heterocycles. The molecule has 80 valence electrons. The molecule has 0 atom stereocenters. The Morgan fingerprint density at radius 2 is 1.23 bits per heavy atom. The largest absolute Gasteiger partial charge is 0.396 e. The molecule has 0 amide bonds. The smallest absolute Gasteiger partial charge is 0.126 e. The first-order valence-corrected chi connectivity index (χ1v) is 4.43. The Morgan fingerprint density at radius 3 is 1.23 bits per heavy atom. The molecule has 0 aliphatic heterocycles.